The summed E-state index contributed by atoms with van der Waals surface area (Å²) >= 11 is 6.07. The molecule has 1 saturated heterocycles. The number of hydrogen-bond acceptors (Lipinski definition) is 4. The van der Waals surface area contributed by atoms with Crippen LogP contribution in [0.25, 0.3) is 5.76 Å². The van der Waals surface area contributed by atoms with Crippen LogP contribution in [-0.4, -0.2) is 53.8 Å². The number of benzene rings is 2. The minimum atomic E-state index is -0.676. The number of carbonyl (C=O) groups excluding carboxylic acids is 2. The summed E-state index contributed by atoms with van der Waals surface area (Å²) in [5.74, 6) is -1.40. The zero-order valence-corrected chi connectivity index (χ0v) is 20.3. The number of amides is 1. The molecule has 1 unspecified atom stereocenters. The molecule has 0 bridgehead atoms. The molecule has 1 N–H and O–H groups in total. The predicted molar refractivity (Wildman–Crippen MR) is 129 cm³/mol. The number of halogens is 1. The highest BCUT2D eigenvalue weighted by Crippen LogP contribution is 2.40. The van der Waals surface area contributed by atoms with E-state index in [4.69, 9.17) is 11.6 Å². The predicted octanol–water partition coefficient (Wildman–Crippen LogP) is 4.93. The smallest absolute Gasteiger partial charge is 0.295 e. The molecule has 1 aliphatic rings. The van der Waals surface area contributed by atoms with Gasteiger partial charge in [0.15, 0.2) is 0 Å². The van der Waals surface area contributed by atoms with Gasteiger partial charge in [0.2, 0.25) is 0 Å². The molecule has 32 heavy (non-hydrogen) atoms. The Labute approximate surface area is 195 Å². The highest BCUT2D eigenvalue weighted by Gasteiger charge is 2.46. The quantitative estimate of drug-likeness (QED) is 0.395. The molecule has 1 fully saturated rings. The van der Waals surface area contributed by atoms with Crippen molar-refractivity contribution in [2.24, 2.45) is 0 Å². The number of aryl methyl sites for hydroxylation is 1. The van der Waals surface area contributed by atoms with Gasteiger partial charge in [-0.15, -0.1) is 0 Å². The number of rotatable bonds is 5. The molecule has 170 valence electrons. The third kappa shape index (κ3) is 4.74. The first-order chi connectivity index (χ1) is 14.9. The van der Waals surface area contributed by atoms with Crippen LogP contribution in [0.4, 0.5) is 0 Å². The van der Waals surface area contributed by atoms with Crippen molar-refractivity contribution >= 4 is 29.1 Å². The van der Waals surface area contributed by atoms with E-state index in [1.807, 2.05) is 44.1 Å². The van der Waals surface area contributed by atoms with Crippen molar-refractivity contribution in [3.8, 4) is 0 Å². The zero-order chi connectivity index (χ0) is 23.8. The molecule has 5 nitrogen and oxygen atoms in total. The number of nitrogens with zero attached hydrogens (tertiary/aromatic N) is 2. The Morgan fingerprint density at radius 3 is 2.28 bits per heavy atom. The van der Waals surface area contributed by atoms with E-state index in [1.54, 1.807) is 29.2 Å². The Kier molecular flexibility index (Phi) is 6.82. The maximum Gasteiger partial charge on any atom is 0.295 e. The molecule has 1 heterocycles. The summed E-state index contributed by atoms with van der Waals surface area (Å²) in [4.78, 5) is 29.7. The summed E-state index contributed by atoms with van der Waals surface area (Å²) in [5, 5.41) is 12.0. The molecule has 0 saturated carbocycles. The number of aliphatic hydroxyl groups excluding tert-OH is 1. The first kappa shape index (κ1) is 24.0. The normalized spacial score (nSPS) is 18.6. The topological polar surface area (TPSA) is 60.9 Å². The molecule has 0 spiro atoms. The van der Waals surface area contributed by atoms with Crippen LogP contribution >= 0.6 is 11.6 Å². The number of ketones is 1. The van der Waals surface area contributed by atoms with E-state index in [-0.39, 0.29) is 16.7 Å². The van der Waals surface area contributed by atoms with Crippen LogP contribution in [0.3, 0.4) is 0 Å². The Morgan fingerprint density at radius 1 is 1.09 bits per heavy atom. The second-order valence-corrected chi connectivity index (χ2v) is 10.1. The van der Waals surface area contributed by atoms with Crippen molar-refractivity contribution in [2.75, 3.05) is 27.2 Å². The molecule has 6 heteroatoms. The summed E-state index contributed by atoms with van der Waals surface area (Å²) in [6, 6.07) is 12.3. The number of aliphatic hydroxyl groups is 1. The summed E-state index contributed by atoms with van der Waals surface area (Å²) in [6.07, 6.45) is 0. The Bertz CT molecular complexity index is 1070. The fraction of sp³-hybridized carbons (Fsp3) is 0.385. The van der Waals surface area contributed by atoms with Crippen molar-refractivity contribution in [3.63, 3.8) is 0 Å². The summed E-state index contributed by atoms with van der Waals surface area (Å²) in [7, 11) is 3.82. The molecule has 0 aromatic heterocycles. The van der Waals surface area contributed by atoms with Crippen LogP contribution in [0.2, 0.25) is 5.02 Å². The van der Waals surface area contributed by atoms with Crippen LogP contribution in [0.5, 0.6) is 0 Å². The Balaban J connectivity index is 2.21. The maximum absolute atomic E-state index is 13.2. The minimum Gasteiger partial charge on any atom is -0.507 e. The minimum absolute atomic E-state index is 0.116. The van der Waals surface area contributed by atoms with Crippen molar-refractivity contribution in [1.82, 2.24) is 9.80 Å². The average molecular weight is 455 g/mol. The van der Waals surface area contributed by atoms with Crippen molar-refractivity contribution < 1.29 is 14.7 Å². The second-order valence-electron chi connectivity index (χ2n) is 9.63. The molecular formula is C26H31ClN2O3. The molecule has 1 amide bonds. The highest BCUT2D eigenvalue weighted by atomic mass is 35.5. The Morgan fingerprint density at radius 2 is 1.72 bits per heavy atom. The van der Waals surface area contributed by atoms with E-state index < -0.39 is 17.7 Å². The van der Waals surface area contributed by atoms with Crippen LogP contribution in [0, 0.1) is 6.92 Å². The van der Waals surface area contributed by atoms with Gasteiger partial charge < -0.3 is 14.9 Å². The average Bonchev–Trinajstić information content (AvgIpc) is 2.96. The van der Waals surface area contributed by atoms with Gasteiger partial charge in [-0.3, -0.25) is 9.59 Å². The van der Waals surface area contributed by atoms with Gasteiger partial charge in [-0.25, -0.2) is 0 Å². The van der Waals surface area contributed by atoms with E-state index in [2.05, 4.69) is 20.8 Å². The van der Waals surface area contributed by atoms with Gasteiger partial charge in [0.05, 0.1) is 11.6 Å². The number of hydrogen-bond donors (Lipinski definition) is 1. The van der Waals surface area contributed by atoms with Gasteiger partial charge in [0, 0.05) is 23.7 Å². The van der Waals surface area contributed by atoms with Crippen molar-refractivity contribution in [1.29, 1.82) is 0 Å². The third-order valence-corrected chi connectivity index (χ3v) is 6.12. The molecule has 2 aromatic rings. The first-order valence-electron chi connectivity index (χ1n) is 10.7. The van der Waals surface area contributed by atoms with Gasteiger partial charge >= 0.3 is 0 Å². The lowest BCUT2D eigenvalue weighted by molar-refractivity contribution is -0.140. The molecule has 2 aromatic carbocycles. The van der Waals surface area contributed by atoms with E-state index >= 15 is 0 Å². The van der Waals surface area contributed by atoms with Gasteiger partial charge in [0.1, 0.15) is 5.76 Å². The summed E-state index contributed by atoms with van der Waals surface area (Å²) < 4.78 is 0. The monoisotopic (exact) mass is 454 g/mol. The van der Waals surface area contributed by atoms with Gasteiger partial charge in [-0.2, -0.15) is 0 Å². The SMILES string of the molecule is Cc1ccc(C(C)(C)C)cc1/C(O)=C1\C(=O)C(=O)N(CCN(C)C)C1c1ccc(Cl)cc1. The third-order valence-electron chi connectivity index (χ3n) is 5.87. The second kappa shape index (κ2) is 9.08. The first-order valence-corrected chi connectivity index (χ1v) is 11.1. The van der Waals surface area contributed by atoms with Crippen LogP contribution in [0.15, 0.2) is 48.0 Å². The maximum atomic E-state index is 13.2. The van der Waals surface area contributed by atoms with Crippen molar-refractivity contribution in [2.45, 2.75) is 39.2 Å². The lowest BCUT2D eigenvalue weighted by atomic mass is 9.84. The molecule has 3 rings (SSSR count). The van der Waals surface area contributed by atoms with Crippen LogP contribution < -0.4 is 0 Å². The molecule has 0 radical (unpaired) electrons. The zero-order valence-electron chi connectivity index (χ0n) is 19.6. The highest BCUT2D eigenvalue weighted by molar-refractivity contribution is 6.46. The Hall–Kier alpha value is -2.63. The van der Waals surface area contributed by atoms with E-state index in [9.17, 15) is 14.7 Å². The van der Waals surface area contributed by atoms with E-state index in [0.717, 1.165) is 16.7 Å². The number of carbonyl (C=O) groups is 2. The summed E-state index contributed by atoms with van der Waals surface area (Å²) in [5.41, 5.74) is 3.17. The lowest BCUT2D eigenvalue weighted by Gasteiger charge is -2.27. The van der Waals surface area contributed by atoms with Crippen molar-refractivity contribution in [3.05, 3.63) is 75.3 Å². The van der Waals surface area contributed by atoms with E-state index in [0.29, 0.717) is 23.7 Å². The van der Waals surface area contributed by atoms with E-state index in [1.165, 1.54) is 0 Å². The largest absolute Gasteiger partial charge is 0.507 e. The summed E-state index contributed by atoms with van der Waals surface area (Å²) in [6.45, 7) is 9.12. The molecule has 1 atom stereocenters. The molecule has 0 aliphatic carbocycles. The lowest BCUT2D eigenvalue weighted by Crippen LogP contribution is -2.35. The number of likely N-dealkylation sites (tertiary alicyclic amines) is 1. The number of Topliss-reactive ketones (excluding diaryl/α,β-unsaturated/α-hetero) is 1. The van der Waals surface area contributed by atoms with Gasteiger partial charge in [0.25, 0.3) is 11.7 Å². The van der Waals surface area contributed by atoms with Crippen LogP contribution in [-0.2, 0) is 15.0 Å². The number of likely N-dealkylation sites (N-methyl/N-ethyl adjacent to an activating group) is 1. The molecule has 1 aliphatic heterocycles. The fourth-order valence-electron chi connectivity index (χ4n) is 3.90. The molecular weight excluding hydrogens is 424 g/mol. The standard InChI is InChI=1S/C26H31ClN2O3/c1-16-7-10-18(26(2,3)4)15-20(16)23(30)21-22(17-8-11-19(27)12-9-17)29(14-13-28(5)6)25(32)24(21)31/h7-12,15,22,30H,13-14H2,1-6H3/b23-21+. The fourth-order valence-corrected chi connectivity index (χ4v) is 4.02. The van der Waals surface area contributed by atoms with Gasteiger partial charge in [-0.1, -0.05) is 56.6 Å². The van der Waals surface area contributed by atoms with Crippen LogP contribution in [0.1, 0.15) is 49.1 Å². The van der Waals surface area contributed by atoms with Gasteiger partial charge in [-0.05, 0) is 61.3 Å².